The molecule has 0 saturated carbocycles. The lowest BCUT2D eigenvalue weighted by atomic mass is 10.0. The molecular weight excluding hydrogens is 273 g/mol. The fourth-order valence-electron chi connectivity index (χ4n) is 1.61. The fourth-order valence-corrected chi connectivity index (χ4v) is 1.61. The van der Waals surface area contributed by atoms with Gasteiger partial charge in [0.15, 0.2) is 0 Å². The number of allylic oxidation sites excluding steroid dienone is 2. The van der Waals surface area contributed by atoms with Crippen molar-refractivity contribution in [3.8, 4) is 0 Å². The second-order valence-electron chi connectivity index (χ2n) is 4.03. The number of hydroxylamine groups is 2. The lowest BCUT2D eigenvalue weighted by Gasteiger charge is -2.19. The van der Waals surface area contributed by atoms with Gasteiger partial charge in [0.05, 0.1) is 13.7 Å². The largest absolute Gasteiger partial charge is 0.673 e. The Kier molecular flexibility index (Phi) is 6.31. The van der Waals surface area contributed by atoms with Crippen LogP contribution < -0.4 is 0 Å². The van der Waals surface area contributed by atoms with E-state index in [9.17, 15) is 17.3 Å². The van der Waals surface area contributed by atoms with E-state index in [0.717, 1.165) is 13.0 Å². The summed E-state index contributed by atoms with van der Waals surface area (Å²) in [5, 5.41) is 1.80. The van der Waals surface area contributed by atoms with Gasteiger partial charge in [0.2, 0.25) is 0 Å². The standard InChI is InChI=1S/C13H15NO.BF4/c1-15-14-9-7-13(8-10-14)11-12-5-3-2-4-6-12;2-1(3,4)5/h2-9H,10-11H2,1H3;/q;-1. The van der Waals surface area contributed by atoms with E-state index in [1.807, 2.05) is 12.3 Å². The van der Waals surface area contributed by atoms with Crippen molar-refractivity contribution in [2.24, 2.45) is 0 Å². The second-order valence-corrected chi connectivity index (χ2v) is 4.03. The van der Waals surface area contributed by atoms with Crippen LogP contribution in [0, 0.1) is 0 Å². The van der Waals surface area contributed by atoms with Crippen molar-refractivity contribution in [3.63, 3.8) is 0 Å². The molecule has 0 bridgehead atoms. The van der Waals surface area contributed by atoms with Gasteiger partial charge in [-0.1, -0.05) is 36.4 Å². The lowest BCUT2D eigenvalue weighted by molar-refractivity contribution is -0.0793. The molecule has 0 radical (unpaired) electrons. The zero-order chi connectivity index (χ0) is 15.0. The van der Waals surface area contributed by atoms with Gasteiger partial charge in [-0.2, -0.15) is 0 Å². The Balaban J connectivity index is 0.000000347. The molecule has 0 aromatic heterocycles. The third-order valence-electron chi connectivity index (χ3n) is 2.47. The summed E-state index contributed by atoms with van der Waals surface area (Å²) in [6.07, 6.45) is 7.25. The third-order valence-corrected chi connectivity index (χ3v) is 2.47. The van der Waals surface area contributed by atoms with E-state index >= 15 is 0 Å². The highest BCUT2D eigenvalue weighted by atomic mass is 19.5. The second kappa shape index (κ2) is 7.74. The molecule has 0 amide bonds. The molecule has 0 N–H and O–H groups in total. The maximum Gasteiger partial charge on any atom is 0.673 e. The van der Waals surface area contributed by atoms with E-state index in [-0.39, 0.29) is 0 Å². The van der Waals surface area contributed by atoms with Crippen LogP contribution in [-0.4, -0.2) is 26.0 Å². The number of hydrogen-bond donors (Lipinski definition) is 0. The first kappa shape index (κ1) is 16.3. The van der Waals surface area contributed by atoms with Crippen LogP contribution >= 0.6 is 0 Å². The minimum Gasteiger partial charge on any atom is -0.418 e. The molecule has 0 unspecified atom stereocenters. The zero-order valence-corrected chi connectivity index (χ0v) is 11.0. The highest BCUT2D eigenvalue weighted by Gasteiger charge is 2.20. The molecule has 2 nitrogen and oxygen atoms in total. The summed E-state index contributed by atoms with van der Waals surface area (Å²) >= 11 is 0. The Morgan fingerprint density at radius 1 is 1.15 bits per heavy atom. The van der Waals surface area contributed by atoms with E-state index in [1.54, 1.807) is 12.2 Å². The van der Waals surface area contributed by atoms with E-state index in [4.69, 9.17) is 4.84 Å². The molecule has 0 saturated heterocycles. The Bertz CT molecular complexity index is 453. The number of rotatable bonds is 3. The van der Waals surface area contributed by atoms with Gasteiger partial charge >= 0.3 is 7.25 Å². The number of benzene rings is 1. The summed E-state index contributed by atoms with van der Waals surface area (Å²) < 4.78 is 39.0. The number of halogens is 4. The Morgan fingerprint density at radius 2 is 1.75 bits per heavy atom. The number of nitrogens with zero attached hydrogens (tertiary/aromatic N) is 1. The van der Waals surface area contributed by atoms with Crippen molar-refractivity contribution in [1.29, 1.82) is 0 Å². The van der Waals surface area contributed by atoms with Gasteiger partial charge in [-0.3, -0.25) is 9.90 Å². The predicted molar refractivity (Wildman–Crippen MR) is 71.3 cm³/mol. The summed E-state index contributed by atoms with van der Waals surface area (Å²) in [6.45, 7) is 0.829. The van der Waals surface area contributed by atoms with E-state index < -0.39 is 7.25 Å². The predicted octanol–water partition coefficient (Wildman–Crippen LogP) is 3.85. The first-order valence-corrected chi connectivity index (χ1v) is 5.97. The highest BCUT2D eigenvalue weighted by Crippen LogP contribution is 2.13. The fraction of sp³-hybridized carbons (Fsp3) is 0.231. The smallest absolute Gasteiger partial charge is 0.418 e. The minimum absolute atomic E-state index is 0.829. The molecule has 2 rings (SSSR count). The van der Waals surface area contributed by atoms with Gasteiger partial charge in [-0.15, -0.1) is 0 Å². The third kappa shape index (κ3) is 7.63. The Hall–Kier alpha value is -1.76. The van der Waals surface area contributed by atoms with Crippen LogP contribution in [0.5, 0.6) is 0 Å². The van der Waals surface area contributed by atoms with Crippen molar-refractivity contribution in [1.82, 2.24) is 5.06 Å². The molecular formula is C13H15BF4NO-. The normalized spacial score (nSPS) is 14.4. The minimum atomic E-state index is -6.00. The highest BCUT2D eigenvalue weighted by molar-refractivity contribution is 6.50. The van der Waals surface area contributed by atoms with Crippen LogP contribution in [0.15, 0.2) is 54.3 Å². The van der Waals surface area contributed by atoms with Gasteiger partial charge in [0.1, 0.15) is 0 Å². The van der Waals surface area contributed by atoms with Crippen LogP contribution in [0.1, 0.15) is 5.56 Å². The van der Waals surface area contributed by atoms with Crippen LogP contribution in [-0.2, 0) is 11.3 Å². The molecule has 0 aliphatic carbocycles. The van der Waals surface area contributed by atoms with Crippen LogP contribution in [0.25, 0.3) is 0 Å². The molecule has 1 aromatic rings. The molecule has 1 aliphatic rings. The van der Waals surface area contributed by atoms with E-state index in [0.29, 0.717) is 0 Å². The first-order valence-electron chi connectivity index (χ1n) is 5.97. The average molecular weight is 288 g/mol. The van der Waals surface area contributed by atoms with Crippen molar-refractivity contribution in [2.75, 3.05) is 13.7 Å². The maximum atomic E-state index is 9.75. The van der Waals surface area contributed by atoms with Crippen molar-refractivity contribution < 1.29 is 22.1 Å². The Morgan fingerprint density at radius 3 is 2.20 bits per heavy atom. The van der Waals surface area contributed by atoms with Crippen molar-refractivity contribution in [2.45, 2.75) is 6.42 Å². The molecule has 110 valence electrons. The number of hydrogen-bond acceptors (Lipinski definition) is 2. The summed E-state index contributed by atoms with van der Waals surface area (Å²) in [7, 11) is -4.32. The van der Waals surface area contributed by atoms with Crippen molar-refractivity contribution >= 4 is 7.25 Å². The summed E-state index contributed by atoms with van der Waals surface area (Å²) in [6, 6.07) is 10.5. The van der Waals surface area contributed by atoms with Crippen LogP contribution in [0.3, 0.4) is 0 Å². The molecule has 0 spiro atoms. The molecule has 0 fully saturated rings. The van der Waals surface area contributed by atoms with E-state index in [2.05, 4.69) is 36.4 Å². The zero-order valence-electron chi connectivity index (χ0n) is 11.0. The maximum absolute atomic E-state index is 9.75. The van der Waals surface area contributed by atoms with Gasteiger partial charge in [-0.05, 0) is 23.6 Å². The summed E-state index contributed by atoms with van der Waals surface area (Å²) in [5.41, 5.74) is 2.69. The molecule has 7 heteroatoms. The van der Waals surface area contributed by atoms with Crippen LogP contribution in [0.2, 0.25) is 0 Å². The van der Waals surface area contributed by atoms with E-state index in [1.165, 1.54) is 11.1 Å². The van der Waals surface area contributed by atoms with Crippen LogP contribution in [0.4, 0.5) is 17.3 Å². The van der Waals surface area contributed by atoms with Gasteiger partial charge in [0, 0.05) is 6.20 Å². The quantitative estimate of drug-likeness (QED) is 0.619. The summed E-state index contributed by atoms with van der Waals surface area (Å²) in [4.78, 5) is 5.09. The molecule has 0 atom stereocenters. The Labute approximate surface area is 115 Å². The SMILES string of the molecule is CON1C=CC(Cc2ccccc2)=CC1.F[B-](F)(F)F. The first-order chi connectivity index (χ1) is 9.38. The van der Waals surface area contributed by atoms with Gasteiger partial charge in [-0.25, -0.2) is 0 Å². The lowest BCUT2D eigenvalue weighted by Crippen LogP contribution is -2.18. The molecule has 20 heavy (non-hydrogen) atoms. The van der Waals surface area contributed by atoms with Gasteiger partial charge < -0.3 is 17.3 Å². The topological polar surface area (TPSA) is 12.5 Å². The average Bonchev–Trinajstić information content (AvgIpc) is 2.39. The molecule has 1 aromatic carbocycles. The summed E-state index contributed by atoms with van der Waals surface area (Å²) in [5.74, 6) is 0. The monoisotopic (exact) mass is 288 g/mol. The molecule has 1 aliphatic heterocycles. The van der Waals surface area contributed by atoms with Crippen molar-refractivity contribution in [3.05, 3.63) is 59.8 Å². The molecule has 1 heterocycles. The van der Waals surface area contributed by atoms with Gasteiger partial charge in [0.25, 0.3) is 0 Å².